The summed E-state index contributed by atoms with van der Waals surface area (Å²) in [4.78, 5) is 12.9. The number of anilines is 1. The highest BCUT2D eigenvalue weighted by molar-refractivity contribution is 6.00. The Balaban J connectivity index is 1.92. The molecule has 128 valence electrons. The molecular weight excluding hydrogens is 308 g/mol. The zero-order valence-electron chi connectivity index (χ0n) is 14.3. The highest BCUT2D eigenvalue weighted by Gasteiger charge is 2.36. The average Bonchev–Trinajstić information content (AvgIpc) is 2.87. The maximum atomic E-state index is 12.9. The zero-order chi connectivity index (χ0) is 17.5. The normalized spacial score (nSPS) is 17.1. The summed E-state index contributed by atoms with van der Waals surface area (Å²) >= 11 is 0. The van der Waals surface area contributed by atoms with Gasteiger partial charge in [0.05, 0.1) is 29.5 Å². The largest absolute Gasteiger partial charge is 0.491 e. The van der Waals surface area contributed by atoms with E-state index in [4.69, 9.17) is 9.26 Å². The molecule has 0 aliphatic carbocycles. The first-order valence-corrected chi connectivity index (χ1v) is 8.01. The van der Waals surface area contributed by atoms with E-state index in [-0.39, 0.29) is 5.91 Å². The Kier molecular flexibility index (Phi) is 4.09. The van der Waals surface area contributed by atoms with Crippen LogP contribution < -0.4 is 10.1 Å². The smallest absolute Gasteiger partial charge is 0.234 e. The van der Waals surface area contributed by atoms with Gasteiger partial charge >= 0.3 is 0 Å². The second-order valence-corrected chi connectivity index (χ2v) is 6.66. The summed E-state index contributed by atoms with van der Waals surface area (Å²) in [6.45, 7) is 7.72. The molecule has 1 aromatic heterocycles. The van der Waals surface area contributed by atoms with Crippen molar-refractivity contribution in [1.29, 1.82) is 0 Å². The van der Waals surface area contributed by atoms with Crippen molar-refractivity contribution in [2.75, 3.05) is 11.9 Å². The molecular formula is C18H22N2O4. The van der Waals surface area contributed by atoms with E-state index in [2.05, 4.69) is 10.5 Å². The molecule has 1 aromatic carbocycles. The third-order valence-electron chi connectivity index (χ3n) is 4.52. The highest BCUT2D eigenvalue weighted by Crippen LogP contribution is 2.39. The van der Waals surface area contributed by atoms with Crippen molar-refractivity contribution in [3.05, 3.63) is 40.8 Å². The summed E-state index contributed by atoms with van der Waals surface area (Å²) in [6.07, 6.45) is -0.0178. The Labute approximate surface area is 140 Å². The Hall–Kier alpha value is -2.34. The number of para-hydroxylation sites is 1. The maximum Gasteiger partial charge on any atom is 0.234 e. The zero-order valence-corrected chi connectivity index (χ0v) is 14.3. The minimum absolute atomic E-state index is 0.186. The molecule has 2 aromatic rings. The Morgan fingerprint density at radius 2 is 2.12 bits per heavy atom. The van der Waals surface area contributed by atoms with E-state index in [1.807, 2.05) is 26.8 Å². The van der Waals surface area contributed by atoms with E-state index < -0.39 is 11.5 Å². The van der Waals surface area contributed by atoms with E-state index in [1.54, 1.807) is 19.1 Å². The number of nitrogens with one attached hydrogen (secondary N) is 1. The second kappa shape index (κ2) is 5.94. The molecule has 0 spiro atoms. The van der Waals surface area contributed by atoms with Crippen LogP contribution in [0, 0.1) is 13.8 Å². The molecule has 3 rings (SSSR count). The van der Waals surface area contributed by atoms with Crippen molar-refractivity contribution in [3.8, 4) is 5.75 Å². The number of aromatic nitrogens is 1. The fraction of sp³-hybridized carbons (Fsp3) is 0.444. The first-order chi connectivity index (χ1) is 11.3. The number of hydrogen-bond donors (Lipinski definition) is 2. The van der Waals surface area contributed by atoms with Crippen molar-refractivity contribution in [2.24, 2.45) is 0 Å². The highest BCUT2D eigenvalue weighted by atomic mass is 16.5. The number of carbonyl (C=O) groups excluding carboxylic acids is 1. The summed E-state index contributed by atoms with van der Waals surface area (Å²) in [5.74, 6) is 0.988. The lowest BCUT2D eigenvalue weighted by atomic mass is 9.82. The number of carbonyl (C=O) groups is 1. The van der Waals surface area contributed by atoms with Gasteiger partial charge in [-0.15, -0.1) is 0 Å². The lowest BCUT2D eigenvalue weighted by Crippen LogP contribution is -2.36. The standard InChI is InChI=1S/C18H22N2O4/c1-10-15(11(2)24-20-10)18(3,4)17(22)19-13-7-5-6-12-14(21)8-9-23-16(12)13/h5-7,14,21H,8-9H2,1-4H3,(H,19,22)/t14-/m0/s1. The summed E-state index contributed by atoms with van der Waals surface area (Å²) in [6, 6.07) is 5.39. The van der Waals surface area contributed by atoms with Gasteiger partial charge in [-0.25, -0.2) is 0 Å². The molecule has 0 unspecified atom stereocenters. The number of fused-ring (bicyclic) bond motifs is 1. The summed E-state index contributed by atoms with van der Waals surface area (Å²) in [7, 11) is 0. The Morgan fingerprint density at radius 1 is 1.38 bits per heavy atom. The molecule has 1 aliphatic rings. The van der Waals surface area contributed by atoms with Crippen LogP contribution in [0.3, 0.4) is 0 Å². The van der Waals surface area contributed by atoms with E-state index in [1.165, 1.54) is 0 Å². The number of hydrogen-bond acceptors (Lipinski definition) is 5. The van der Waals surface area contributed by atoms with Crippen molar-refractivity contribution in [1.82, 2.24) is 5.16 Å². The Bertz CT molecular complexity index is 760. The topological polar surface area (TPSA) is 84.6 Å². The lowest BCUT2D eigenvalue weighted by molar-refractivity contribution is -0.120. The van der Waals surface area contributed by atoms with Gasteiger partial charge < -0.3 is 19.7 Å². The molecule has 0 saturated carbocycles. The van der Waals surface area contributed by atoms with Gasteiger partial charge in [-0.05, 0) is 33.8 Å². The van der Waals surface area contributed by atoms with Crippen molar-refractivity contribution < 1.29 is 19.2 Å². The van der Waals surface area contributed by atoms with E-state index in [0.29, 0.717) is 41.5 Å². The Morgan fingerprint density at radius 3 is 2.79 bits per heavy atom. The number of ether oxygens (including phenoxy) is 1. The quantitative estimate of drug-likeness (QED) is 0.903. The molecule has 0 bridgehead atoms. The van der Waals surface area contributed by atoms with Crippen LogP contribution in [0.5, 0.6) is 5.75 Å². The van der Waals surface area contributed by atoms with E-state index in [9.17, 15) is 9.90 Å². The van der Waals surface area contributed by atoms with Gasteiger partial charge in [-0.2, -0.15) is 0 Å². The number of aliphatic hydroxyl groups excluding tert-OH is 1. The summed E-state index contributed by atoms with van der Waals surface area (Å²) < 4.78 is 10.9. The molecule has 1 amide bonds. The molecule has 0 radical (unpaired) electrons. The third kappa shape index (κ3) is 2.67. The first kappa shape index (κ1) is 16.5. The van der Waals surface area contributed by atoms with Gasteiger partial charge in [0.1, 0.15) is 11.5 Å². The molecule has 0 saturated heterocycles. The number of aliphatic hydroxyl groups is 1. The van der Waals surface area contributed by atoms with Gasteiger partial charge in [0, 0.05) is 17.5 Å². The maximum absolute atomic E-state index is 12.9. The van der Waals surface area contributed by atoms with Gasteiger partial charge in [0.15, 0.2) is 0 Å². The molecule has 1 atom stereocenters. The van der Waals surface area contributed by atoms with Crippen molar-refractivity contribution >= 4 is 11.6 Å². The number of rotatable bonds is 3. The van der Waals surface area contributed by atoms with Crippen LogP contribution >= 0.6 is 0 Å². The molecule has 6 nitrogen and oxygen atoms in total. The fourth-order valence-corrected chi connectivity index (χ4v) is 3.27. The SMILES string of the molecule is Cc1noc(C)c1C(C)(C)C(=O)Nc1cccc2c1OCC[C@@H]2O. The van der Waals surface area contributed by atoms with Gasteiger partial charge in [-0.1, -0.05) is 17.3 Å². The summed E-state index contributed by atoms with van der Waals surface area (Å²) in [5.41, 5.74) is 1.94. The average molecular weight is 330 g/mol. The van der Waals surface area contributed by atoms with E-state index in [0.717, 1.165) is 5.56 Å². The molecule has 24 heavy (non-hydrogen) atoms. The van der Waals surface area contributed by atoms with Crippen LogP contribution in [0.2, 0.25) is 0 Å². The molecule has 6 heteroatoms. The van der Waals surface area contributed by atoms with Crippen LogP contribution in [0.1, 0.15) is 49.0 Å². The van der Waals surface area contributed by atoms with Crippen LogP contribution in [-0.4, -0.2) is 22.8 Å². The first-order valence-electron chi connectivity index (χ1n) is 8.01. The minimum Gasteiger partial charge on any atom is -0.491 e. The molecule has 2 N–H and O–H groups in total. The molecule has 2 heterocycles. The minimum atomic E-state index is -0.815. The lowest BCUT2D eigenvalue weighted by Gasteiger charge is -2.27. The number of benzene rings is 1. The molecule has 1 aliphatic heterocycles. The van der Waals surface area contributed by atoms with Gasteiger partial charge in [0.2, 0.25) is 5.91 Å². The van der Waals surface area contributed by atoms with Gasteiger partial charge in [0.25, 0.3) is 0 Å². The van der Waals surface area contributed by atoms with Gasteiger partial charge in [-0.3, -0.25) is 4.79 Å². The molecule has 0 fully saturated rings. The van der Waals surface area contributed by atoms with Crippen LogP contribution in [0.15, 0.2) is 22.7 Å². The number of nitrogens with zero attached hydrogens (tertiary/aromatic N) is 1. The van der Waals surface area contributed by atoms with E-state index >= 15 is 0 Å². The number of aryl methyl sites for hydroxylation is 2. The third-order valence-corrected chi connectivity index (χ3v) is 4.52. The number of amides is 1. The van der Waals surface area contributed by atoms with Crippen LogP contribution in [0.4, 0.5) is 5.69 Å². The van der Waals surface area contributed by atoms with Crippen molar-refractivity contribution in [2.45, 2.75) is 45.6 Å². The van der Waals surface area contributed by atoms with Crippen LogP contribution in [-0.2, 0) is 10.2 Å². The second-order valence-electron chi connectivity index (χ2n) is 6.66. The van der Waals surface area contributed by atoms with Crippen molar-refractivity contribution in [3.63, 3.8) is 0 Å². The van der Waals surface area contributed by atoms with Crippen LogP contribution in [0.25, 0.3) is 0 Å². The predicted octanol–water partition coefficient (Wildman–Crippen LogP) is 3.02. The monoisotopic (exact) mass is 330 g/mol. The predicted molar refractivity (Wildman–Crippen MR) is 89.1 cm³/mol. The fourth-order valence-electron chi connectivity index (χ4n) is 3.27. The summed E-state index contributed by atoms with van der Waals surface area (Å²) in [5, 5.41) is 17.0.